The van der Waals surface area contributed by atoms with Gasteiger partial charge in [-0.1, -0.05) is 24.3 Å². The van der Waals surface area contributed by atoms with Crippen LogP contribution >= 0.6 is 0 Å². The highest BCUT2D eigenvalue weighted by molar-refractivity contribution is 5.83. The molecule has 29 heavy (non-hydrogen) atoms. The van der Waals surface area contributed by atoms with Gasteiger partial charge in [0.05, 0.1) is 5.41 Å². The lowest BCUT2D eigenvalue weighted by molar-refractivity contribution is -0.243. The number of benzene rings is 1. The van der Waals surface area contributed by atoms with Crippen molar-refractivity contribution in [2.24, 2.45) is 17.8 Å². The van der Waals surface area contributed by atoms with E-state index in [2.05, 4.69) is 22.9 Å². The van der Waals surface area contributed by atoms with E-state index in [0.29, 0.717) is 30.6 Å². The molecule has 2 saturated carbocycles. The maximum atomic E-state index is 14.3. The summed E-state index contributed by atoms with van der Waals surface area (Å²) in [4.78, 5) is 19.5. The van der Waals surface area contributed by atoms with Gasteiger partial charge < -0.3 is 9.79 Å². The minimum Gasteiger partial charge on any atom is -0.306 e. The Morgan fingerprint density at radius 1 is 1.21 bits per heavy atom. The topological polar surface area (TPSA) is 49.8 Å². The van der Waals surface area contributed by atoms with Crippen LogP contribution in [0.1, 0.15) is 62.5 Å². The Hall–Kier alpha value is -1.53. The van der Waals surface area contributed by atoms with E-state index in [1.165, 1.54) is 0 Å². The second kappa shape index (κ2) is 7.62. The number of likely N-dealkylation sites (tertiary alicyclic amines) is 1. The second-order valence-corrected chi connectivity index (χ2v) is 9.66. The lowest BCUT2D eigenvalue weighted by Crippen LogP contribution is -2.47. The standard InChI is InChI=1S/C23H31F2NO3/c1-22(21(27)29-28,17-6-5-11-23(24,25)12-17)19-8-4-3-7-18(19)20-15-9-10-16(20)14-26(2)13-15/h3-4,7-8,15-17,20,28H,5-6,9-14H2,1-2H3. The van der Waals surface area contributed by atoms with Crippen molar-refractivity contribution in [3.8, 4) is 0 Å². The SMILES string of the molecule is CN1CC2CCC(C1)C2c1ccccc1C(C)(C(=O)OO)C1CCCC(F)(F)C1. The molecule has 2 bridgehead atoms. The Labute approximate surface area is 171 Å². The van der Waals surface area contributed by atoms with Gasteiger partial charge in [-0.25, -0.2) is 13.6 Å². The third-order valence-corrected chi connectivity index (χ3v) is 7.86. The zero-order chi connectivity index (χ0) is 20.8. The molecule has 4 nitrogen and oxygen atoms in total. The molecule has 2 aliphatic carbocycles. The highest BCUT2D eigenvalue weighted by atomic mass is 19.3. The van der Waals surface area contributed by atoms with Crippen molar-refractivity contribution in [1.29, 1.82) is 0 Å². The molecule has 3 aliphatic rings. The number of halogens is 2. The maximum absolute atomic E-state index is 14.3. The summed E-state index contributed by atoms with van der Waals surface area (Å²) in [6, 6.07) is 7.77. The van der Waals surface area contributed by atoms with Crippen LogP contribution in [0.3, 0.4) is 0 Å². The van der Waals surface area contributed by atoms with Crippen LogP contribution in [0.2, 0.25) is 0 Å². The highest BCUT2D eigenvalue weighted by Crippen LogP contribution is 2.53. The fraction of sp³-hybridized carbons (Fsp3) is 0.696. The van der Waals surface area contributed by atoms with Crippen LogP contribution in [0, 0.1) is 17.8 Å². The van der Waals surface area contributed by atoms with Crippen molar-refractivity contribution in [3.63, 3.8) is 0 Å². The van der Waals surface area contributed by atoms with Crippen molar-refractivity contribution >= 4 is 5.97 Å². The van der Waals surface area contributed by atoms with Gasteiger partial charge in [-0.2, -0.15) is 5.26 Å². The first-order valence-electron chi connectivity index (χ1n) is 10.8. The predicted molar refractivity (Wildman–Crippen MR) is 106 cm³/mol. The molecule has 1 aliphatic heterocycles. The molecule has 1 aromatic rings. The van der Waals surface area contributed by atoms with Crippen LogP contribution in [0.4, 0.5) is 8.78 Å². The predicted octanol–water partition coefficient (Wildman–Crippen LogP) is 4.84. The van der Waals surface area contributed by atoms with Gasteiger partial charge in [-0.05, 0) is 74.5 Å². The first-order chi connectivity index (χ1) is 13.8. The first kappa shape index (κ1) is 20.7. The smallest absolute Gasteiger partial charge is 0.306 e. The normalized spacial score (nSPS) is 33.8. The Kier molecular flexibility index (Phi) is 5.45. The zero-order valence-corrected chi connectivity index (χ0v) is 17.2. The number of hydrogen-bond donors (Lipinski definition) is 1. The summed E-state index contributed by atoms with van der Waals surface area (Å²) in [5.41, 5.74) is 0.543. The molecule has 6 heteroatoms. The van der Waals surface area contributed by atoms with Gasteiger partial charge in [0.1, 0.15) is 0 Å². The molecule has 1 N–H and O–H groups in total. The lowest BCUT2D eigenvalue weighted by Gasteiger charge is -2.43. The van der Waals surface area contributed by atoms with Crippen LogP contribution in [0.5, 0.6) is 0 Å². The third-order valence-electron chi connectivity index (χ3n) is 7.86. The minimum atomic E-state index is -2.79. The maximum Gasteiger partial charge on any atom is 0.352 e. The minimum absolute atomic E-state index is 0.144. The fourth-order valence-electron chi connectivity index (χ4n) is 6.48. The third kappa shape index (κ3) is 3.59. The number of hydrogen-bond acceptors (Lipinski definition) is 4. The van der Waals surface area contributed by atoms with E-state index in [-0.39, 0.29) is 12.8 Å². The van der Waals surface area contributed by atoms with Crippen molar-refractivity contribution in [2.75, 3.05) is 20.1 Å². The number of fused-ring (bicyclic) bond motifs is 2. The van der Waals surface area contributed by atoms with Crippen molar-refractivity contribution in [3.05, 3.63) is 35.4 Å². The van der Waals surface area contributed by atoms with E-state index in [1.54, 1.807) is 6.92 Å². The zero-order valence-electron chi connectivity index (χ0n) is 17.2. The largest absolute Gasteiger partial charge is 0.352 e. The summed E-state index contributed by atoms with van der Waals surface area (Å²) in [6.07, 6.45) is 2.69. The molecule has 1 heterocycles. The summed E-state index contributed by atoms with van der Waals surface area (Å²) >= 11 is 0. The molecule has 0 radical (unpaired) electrons. The molecular weight excluding hydrogens is 376 g/mol. The van der Waals surface area contributed by atoms with E-state index in [0.717, 1.165) is 37.1 Å². The summed E-state index contributed by atoms with van der Waals surface area (Å²) < 4.78 is 28.6. The van der Waals surface area contributed by atoms with Crippen LogP contribution in [0.15, 0.2) is 24.3 Å². The number of piperidine rings is 1. The molecule has 4 atom stereocenters. The summed E-state index contributed by atoms with van der Waals surface area (Å²) in [6.45, 7) is 3.71. The highest BCUT2D eigenvalue weighted by Gasteiger charge is 2.53. The van der Waals surface area contributed by atoms with Crippen LogP contribution in [-0.4, -0.2) is 42.2 Å². The van der Waals surface area contributed by atoms with E-state index >= 15 is 0 Å². The Morgan fingerprint density at radius 2 is 1.86 bits per heavy atom. The van der Waals surface area contributed by atoms with Crippen LogP contribution < -0.4 is 0 Å². The van der Waals surface area contributed by atoms with Gasteiger partial charge >= 0.3 is 5.97 Å². The van der Waals surface area contributed by atoms with Gasteiger partial charge in [-0.15, -0.1) is 0 Å². The van der Waals surface area contributed by atoms with Gasteiger partial charge in [0.25, 0.3) is 0 Å². The van der Waals surface area contributed by atoms with Crippen LogP contribution in [-0.2, 0) is 15.1 Å². The molecule has 3 fully saturated rings. The van der Waals surface area contributed by atoms with Crippen LogP contribution in [0.25, 0.3) is 0 Å². The molecule has 4 rings (SSSR count). The van der Waals surface area contributed by atoms with Crippen molar-refractivity contribution in [2.45, 2.75) is 62.7 Å². The lowest BCUT2D eigenvalue weighted by atomic mass is 9.62. The second-order valence-electron chi connectivity index (χ2n) is 9.66. The quantitative estimate of drug-likeness (QED) is 0.573. The average Bonchev–Trinajstić information content (AvgIpc) is 2.96. The molecule has 0 amide bonds. The van der Waals surface area contributed by atoms with E-state index in [4.69, 9.17) is 0 Å². The Balaban J connectivity index is 1.78. The first-order valence-corrected chi connectivity index (χ1v) is 10.8. The van der Waals surface area contributed by atoms with Crippen molar-refractivity contribution < 1.29 is 23.7 Å². The summed E-state index contributed by atoms with van der Waals surface area (Å²) in [5, 5.41) is 9.30. The number of alkyl halides is 2. The monoisotopic (exact) mass is 407 g/mol. The molecule has 1 aromatic carbocycles. The van der Waals surface area contributed by atoms with Gasteiger partial charge in [0.15, 0.2) is 0 Å². The van der Waals surface area contributed by atoms with Gasteiger partial charge in [-0.3, -0.25) is 0 Å². The van der Waals surface area contributed by atoms with Gasteiger partial charge in [0, 0.05) is 25.9 Å². The molecular formula is C23H31F2NO3. The molecule has 160 valence electrons. The van der Waals surface area contributed by atoms with E-state index in [9.17, 15) is 18.8 Å². The van der Waals surface area contributed by atoms with Crippen molar-refractivity contribution in [1.82, 2.24) is 4.90 Å². The fourth-order valence-corrected chi connectivity index (χ4v) is 6.48. The number of nitrogens with zero attached hydrogens (tertiary/aromatic N) is 1. The Bertz CT molecular complexity index is 756. The number of carbonyl (C=O) groups excluding carboxylic acids is 1. The molecule has 0 aromatic heterocycles. The van der Waals surface area contributed by atoms with Gasteiger partial charge in [0.2, 0.25) is 5.92 Å². The molecule has 0 spiro atoms. The summed E-state index contributed by atoms with van der Waals surface area (Å²) in [5.74, 6) is -2.87. The van der Waals surface area contributed by atoms with E-state index < -0.39 is 23.2 Å². The summed E-state index contributed by atoms with van der Waals surface area (Å²) in [7, 11) is 2.14. The number of carbonyl (C=O) groups is 1. The molecule has 4 unspecified atom stereocenters. The average molecular weight is 408 g/mol. The number of rotatable bonds is 4. The van der Waals surface area contributed by atoms with E-state index in [1.807, 2.05) is 18.2 Å². The Morgan fingerprint density at radius 3 is 2.48 bits per heavy atom. The molecule has 1 saturated heterocycles.